The number of rotatable bonds is 10. The monoisotopic (exact) mass is 587 g/mol. The highest BCUT2D eigenvalue weighted by Crippen LogP contribution is 2.49. The summed E-state index contributed by atoms with van der Waals surface area (Å²) in [5.74, 6) is -4.42. The molecule has 40 heavy (non-hydrogen) atoms. The van der Waals surface area contributed by atoms with E-state index in [1.54, 1.807) is 18.2 Å². The zero-order valence-corrected chi connectivity index (χ0v) is 23.0. The normalized spacial score (nSPS) is 33.2. The van der Waals surface area contributed by atoms with Crippen LogP contribution in [-0.2, 0) is 28.2 Å². The van der Waals surface area contributed by atoms with E-state index in [-0.39, 0.29) is 11.9 Å². The van der Waals surface area contributed by atoms with E-state index in [1.165, 1.54) is 19.1 Å². The highest BCUT2D eigenvalue weighted by molar-refractivity contribution is 7.52. The molecule has 0 spiro atoms. The second-order valence-electron chi connectivity index (χ2n) is 10.3. The van der Waals surface area contributed by atoms with Crippen molar-refractivity contribution in [3.8, 4) is 5.75 Å². The second-order valence-corrected chi connectivity index (χ2v) is 11.9. The largest absolute Gasteiger partial charge is 0.461 e. The molecule has 3 aliphatic rings. The Labute approximate surface area is 230 Å². The molecule has 0 aromatic heterocycles. The summed E-state index contributed by atoms with van der Waals surface area (Å²) in [5, 5.41) is 36.3. The van der Waals surface area contributed by atoms with Crippen LogP contribution in [0.3, 0.4) is 0 Å². The van der Waals surface area contributed by atoms with Crippen LogP contribution in [0.1, 0.15) is 46.0 Å². The van der Waals surface area contributed by atoms with E-state index in [9.17, 15) is 29.5 Å². The first-order valence-electron chi connectivity index (χ1n) is 13.0. The van der Waals surface area contributed by atoms with Gasteiger partial charge in [0.1, 0.15) is 36.2 Å². The van der Waals surface area contributed by atoms with E-state index in [1.807, 2.05) is 0 Å². The Morgan fingerprint density at radius 2 is 1.95 bits per heavy atom. The number of benzene rings is 1. The number of hydrogen-bond donors (Lipinski definition) is 5. The van der Waals surface area contributed by atoms with Crippen molar-refractivity contribution in [3.63, 3.8) is 0 Å². The molecule has 1 saturated heterocycles. The van der Waals surface area contributed by atoms with Crippen LogP contribution in [-0.4, -0.2) is 81.0 Å². The van der Waals surface area contributed by atoms with Gasteiger partial charge in [0.2, 0.25) is 12.3 Å². The van der Waals surface area contributed by atoms with Crippen LogP contribution >= 0.6 is 7.75 Å². The van der Waals surface area contributed by atoms with Gasteiger partial charge in [-0.3, -0.25) is 14.1 Å². The van der Waals surface area contributed by atoms with Crippen molar-refractivity contribution in [3.05, 3.63) is 42.6 Å². The lowest BCUT2D eigenvalue weighted by Crippen LogP contribution is -2.59. The number of nitrogens with zero attached hydrogens (tertiary/aromatic N) is 1. The van der Waals surface area contributed by atoms with Crippen molar-refractivity contribution in [1.82, 2.24) is 15.3 Å². The van der Waals surface area contributed by atoms with E-state index < -0.39 is 62.4 Å². The van der Waals surface area contributed by atoms with Crippen LogP contribution in [0, 0.1) is 0 Å². The highest BCUT2D eigenvalue weighted by Gasteiger charge is 2.65. The molecule has 2 fully saturated rings. The number of hydrogen-bond acceptors (Lipinski definition) is 11. The molecule has 0 bridgehead atoms. The molecule has 13 nitrogen and oxygen atoms in total. The number of aliphatic hydroxyl groups excluding tert-OH is 2. The van der Waals surface area contributed by atoms with E-state index >= 15 is 4.39 Å². The lowest BCUT2D eigenvalue weighted by molar-refractivity contribution is -0.226. The molecule has 1 saturated carbocycles. The molecule has 2 aliphatic heterocycles. The number of nitrogens with one attached hydrogen (secondary N) is 2. The smallest absolute Gasteiger partial charge is 0.459 e. The molecule has 222 valence electrons. The lowest BCUT2D eigenvalue weighted by atomic mass is 9.95. The van der Waals surface area contributed by atoms with Gasteiger partial charge < -0.3 is 39.5 Å². The van der Waals surface area contributed by atoms with E-state index in [0.29, 0.717) is 0 Å². The fourth-order valence-corrected chi connectivity index (χ4v) is 6.24. The van der Waals surface area contributed by atoms with Gasteiger partial charge in [-0.05, 0) is 51.7 Å². The number of carbonyl (C=O) groups excluding carboxylic acids is 2. The highest BCUT2D eigenvalue weighted by atomic mass is 31.2. The Balaban J connectivity index is 1.49. The molecule has 0 radical (unpaired) electrons. The molecule has 2 heterocycles. The van der Waals surface area contributed by atoms with Crippen molar-refractivity contribution in [1.29, 1.82) is 0 Å². The van der Waals surface area contributed by atoms with Gasteiger partial charge in [0.25, 0.3) is 5.85 Å². The predicted molar refractivity (Wildman–Crippen MR) is 137 cm³/mol. The van der Waals surface area contributed by atoms with Crippen LogP contribution in [0.25, 0.3) is 0 Å². The number of amides is 1. The molecule has 1 amide bonds. The first-order valence-corrected chi connectivity index (χ1v) is 14.6. The zero-order valence-electron chi connectivity index (χ0n) is 22.1. The molecule has 7 atom stereocenters. The Hall–Kier alpha value is -2.58. The van der Waals surface area contributed by atoms with Crippen LogP contribution in [0.15, 0.2) is 42.6 Å². The standard InChI is InChI=1S/C25H35FN3O10P/c1-16(20(31)37-17-9-5-3-6-10-17)28-40(35,39-18-11-7-4-8-12-18)36-15-25(26)21(32)24(2,34)22(38-25)29-14-13-19(30)27-23(29)33/h4,7-8,11-14,16-17,21-23,32-34H,3,5-6,9-10,15H2,1-2H3,(H,27,30)(H,28,35)/t16?,21-,22+,23?,24+,25+,40?/m0/s1. The molecule has 5 N–H and O–H groups in total. The van der Waals surface area contributed by atoms with Gasteiger partial charge >= 0.3 is 13.7 Å². The van der Waals surface area contributed by atoms with Crippen molar-refractivity contribution in [2.24, 2.45) is 0 Å². The Kier molecular flexibility index (Phi) is 9.20. The van der Waals surface area contributed by atoms with E-state index in [0.717, 1.165) is 56.2 Å². The van der Waals surface area contributed by atoms with Crippen LogP contribution < -0.4 is 14.9 Å². The number of ether oxygens (including phenoxy) is 2. The molecule has 4 rings (SSSR count). The SMILES string of the molecule is CC(NP(=O)(OC[C@@]1(F)O[C@@H](N2C=CC(=O)NC2O)[C@](C)(O)[C@@H]1O)Oc1ccccc1)C(=O)OC1CCCCC1. The van der Waals surface area contributed by atoms with Gasteiger partial charge in [-0.1, -0.05) is 24.6 Å². The van der Waals surface area contributed by atoms with Crippen LogP contribution in [0.4, 0.5) is 4.39 Å². The minimum atomic E-state index is -4.54. The third-order valence-corrected chi connectivity index (χ3v) is 8.56. The van der Waals surface area contributed by atoms with Gasteiger partial charge in [0, 0.05) is 12.3 Å². The topological polar surface area (TPSA) is 176 Å². The maximum absolute atomic E-state index is 16.0. The number of para-hydroxylation sites is 1. The predicted octanol–water partition coefficient (Wildman–Crippen LogP) is 1.40. The van der Waals surface area contributed by atoms with Crippen molar-refractivity contribution in [2.45, 2.75) is 88.2 Å². The summed E-state index contributed by atoms with van der Waals surface area (Å²) in [6.45, 7) is 1.23. The Bertz CT molecular complexity index is 1140. The lowest BCUT2D eigenvalue weighted by Gasteiger charge is -2.38. The summed E-state index contributed by atoms with van der Waals surface area (Å²) in [7, 11) is -4.54. The van der Waals surface area contributed by atoms with Gasteiger partial charge in [-0.25, -0.2) is 8.96 Å². The number of halogens is 1. The molecule has 15 heteroatoms. The van der Waals surface area contributed by atoms with Gasteiger partial charge in [0.05, 0.1) is 0 Å². The second kappa shape index (κ2) is 12.1. The number of aliphatic hydroxyl groups is 3. The summed E-state index contributed by atoms with van der Waals surface area (Å²) >= 11 is 0. The summed E-state index contributed by atoms with van der Waals surface area (Å²) in [6, 6.07) is 6.62. The van der Waals surface area contributed by atoms with Gasteiger partial charge in [0.15, 0.2) is 6.23 Å². The van der Waals surface area contributed by atoms with Crippen LogP contribution in [0.5, 0.6) is 5.75 Å². The van der Waals surface area contributed by atoms with Crippen LogP contribution in [0.2, 0.25) is 0 Å². The van der Waals surface area contributed by atoms with Crippen molar-refractivity contribution >= 4 is 19.6 Å². The van der Waals surface area contributed by atoms with Gasteiger partial charge in [-0.15, -0.1) is 0 Å². The number of carbonyl (C=O) groups is 2. The van der Waals surface area contributed by atoms with E-state index in [2.05, 4.69) is 10.4 Å². The number of alkyl halides is 1. The molecular weight excluding hydrogens is 552 g/mol. The molecule has 1 aromatic carbocycles. The fraction of sp³-hybridized carbons (Fsp3) is 0.600. The third-order valence-electron chi connectivity index (χ3n) is 6.93. The molecule has 1 aliphatic carbocycles. The summed E-state index contributed by atoms with van der Waals surface area (Å²) in [5.41, 5.74) is -2.33. The first-order chi connectivity index (χ1) is 18.8. The third kappa shape index (κ3) is 6.82. The zero-order chi connectivity index (χ0) is 29.1. The Morgan fingerprint density at radius 3 is 2.60 bits per heavy atom. The number of esters is 1. The van der Waals surface area contributed by atoms with Gasteiger partial charge in [-0.2, -0.15) is 5.09 Å². The summed E-state index contributed by atoms with van der Waals surface area (Å²) < 4.78 is 51.5. The fourth-order valence-electron chi connectivity index (χ4n) is 4.73. The first kappa shape index (κ1) is 30.4. The quantitative estimate of drug-likeness (QED) is 0.197. The van der Waals surface area contributed by atoms with Crippen molar-refractivity contribution in [2.75, 3.05) is 6.61 Å². The average Bonchev–Trinajstić information content (AvgIpc) is 3.09. The van der Waals surface area contributed by atoms with E-state index in [4.69, 9.17) is 18.5 Å². The molecule has 3 unspecified atom stereocenters. The van der Waals surface area contributed by atoms with Crippen molar-refractivity contribution < 1.29 is 52.4 Å². The maximum atomic E-state index is 16.0. The maximum Gasteiger partial charge on any atom is 0.459 e. The minimum absolute atomic E-state index is 0.0779. The molecular formula is C25H35FN3O10P. The molecule has 1 aromatic rings. The average molecular weight is 588 g/mol. The summed E-state index contributed by atoms with van der Waals surface area (Å²) in [4.78, 5) is 25.1. The minimum Gasteiger partial charge on any atom is -0.461 e. The Morgan fingerprint density at radius 1 is 1.27 bits per heavy atom. The summed E-state index contributed by atoms with van der Waals surface area (Å²) in [6.07, 6.45) is 0.508.